The largest absolute Gasteiger partial charge is 0.0761 e. The highest BCUT2D eigenvalue weighted by molar-refractivity contribution is 6.83. The van der Waals surface area contributed by atoms with Crippen molar-refractivity contribution in [1.29, 1.82) is 0 Å². The minimum atomic E-state index is -1.89. The number of allylic oxidation sites excluding steroid dienone is 3. The third kappa shape index (κ3) is 5.78. The Balaban J connectivity index is 1.88. The van der Waals surface area contributed by atoms with E-state index in [1.54, 1.807) is 27.8 Å². The molecule has 0 aliphatic heterocycles. The molecule has 3 heteroatoms. The zero-order valence-electron chi connectivity index (χ0n) is 23.8. The van der Waals surface area contributed by atoms with Crippen LogP contribution in [0.5, 0.6) is 0 Å². The van der Waals surface area contributed by atoms with Crippen molar-refractivity contribution < 1.29 is 0 Å². The van der Waals surface area contributed by atoms with Gasteiger partial charge in [-0.25, -0.2) is 0 Å². The Hall–Kier alpha value is -1.43. The zero-order chi connectivity index (χ0) is 25.6. The molecule has 0 saturated heterocycles. The van der Waals surface area contributed by atoms with Crippen molar-refractivity contribution in [1.82, 2.24) is 0 Å². The average Bonchev–Trinajstić information content (AvgIpc) is 3.29. The van der Waals surface area contributed by atoms with Gasteiger partial charge in [-0.05, 0) is 51.2 Å². The summed E-state index contributed by atoms with van der Waals surface area (Å²) in [7, 11) is -3.70. The molecule has 3 atom stereocenters. The van der Waals surface area contributed by atoms with E-state index < -0.39 is 24.9 Å². The monoisotopic (exact) mass is 516 g/mol. The Morgan fingerprint density at radius 2 is 1.49 bits per heavy atom. The molecule has 0 saturated carbocycles. The lowest BCUT2D eigenvalue weighted by atomic mass is 10.0. The highest BCUT2D eigenvalue weighted by Crippen LogP contribution is 2.56. The molecule has 0 aromatic heterocycles. The molecule has 0 nitrogen and oxygen atoms in total. The normalized spacial score (nSPS) is 21.4. The molecule has 2 aromatic rings. The van der Waals surface area contributed by atoms with Crippen molar-refractivity contribution in [3.63, 3.8) is 0 Å². The van der Waals surface area contributed by atoms with Crippen LogP contribution < -0.4 is 0 Å². The maximum atomic E-state index is 2.79. The Labute approximate surface area is 219 Å². The fourth-order valence-electron chi connectivity index (χ4n) is 7.09. The van der Waals surface area contributed by atoms with Gasteiger partial charge in [0.2, 0.25) is 0 Å². The van der Waals surface area contributed by atoms with Crippen LogP contribution >= 0.6 is 0 Å². The maximum absolute atomic E-state index is 2.79. The number of hydrogen-bond acceptors (Lipinski definition) is 0. The van der Waals surface area contributed by atoms with Crippen molar-refractivity contribution in [3.8, 4) is 0 Å². The molecular formula is C32H48Si3. The Morgan fingerprint density at radius 3 is 2.11 bits per heavy atom. The van der Waals surface area contributed by atoms with E-state index in [-0.39, 0.29) is 0 Å². The summed E-state index contributed by atoms with van der Waals surface area (Å²) < 4.78 is 0. The average molecular weight is 517 g/mol. The number of hydrogen-bond donors (Lipinski definition) is 0. The van der Waals surface area contributed by atoms with Gasteiger partial charge in [0.05, 0.1) is 8.07 Å². The molecule has 0 bridgehead atoms. The van der Waals surface area contributed by atoms with Gasteiger partial charge in [0.1, 0.15) is 0 Å². The molecular weight excluding hydrogens is 469 g/mol. The number of benzene rings is 2. The molecule has 4 rings (SSSR count). The summed E-state index contributed by atoms with van der Waals surface area (Å²) in [5, 5.41) is 0. The maximum Gasteiger partial charge on any atom is 0.0753 e. The summed E-state index contributed by atoms with van der Waals surface area (Å²) in [6.45, 7) is 22.8. The van der Waals surface area contributed by atoms with Crippen molar-refractivity contribution in [2.75, 3.05) is 0 Å². The van der Waals surface area contributed by atoms with Gasteiger partial charge >= 0.3 is 0 Å². The van der Waals surface area contributed by atoms with Crippen LogP contribution in [0.4, 0.5) is 0 Å². The van der Waals surface area contributed by atoms with Gasteiger partial charge in [0.15, 0.2) is 0 Å². The second-order valence-electron chi connectivity index (χ2n) is 14.5. The van der Waals surface area contributed by atoms with Gasteiger partial charge in [-0.15, -0.1) is 0 Å². The molecule has 0 spiro atoms. The molecule has 35 heavy (non-hydrogen) atoms. The van der Waals surface area contributed by atoms with E-state index >= 15 is 0 Å². The van der Waals surface area contributed by atoms with Crippen LogP contribution in [0.3, 0.4) is 0 Å². The SMILES string of the molecule is C[SiH](C)CCC1=Cc2ccccc2C1[Si](C)(CC(C)(C)C)C1C=C(C[Si](C)(C)C)c2ccccc21. The molecule has 3 unspecified atom stereocenters. The van der Waals surface area contributed by atoms with Gasteiger partial charge in [0.25, 0.3) is 0 Å². The molecule has 2 aliphatic carbocycles. The molecule has 0 heterocycles. The molecule has 2 aromatic carbocycles. The van der Waals surface area contributed by atoms with E-state index in [2.05, 4.69) is 121 Å². The van der Waals surface area contributed by atoms with Crippen LogP contribution in [0.2, 0.25) is 57.4 Å². The van der Waals surface area contributed by atoms with E-state index in [1.165, 1.54) is 30.1 Å². The Kier molecular flexibility index (Phi) is 7.45. The molecule has 0 radical (unpaired) electrons. The molecule has 188 valence electrons. The first-order valence-electron chi connectivity index (χ1n) is 13.9. The molecule has 2 aliphatic rings. The standard InChI is InChI=1S/C32H48Si3/c1-32(2,3)23-35(9,30-21-26(22-34(6,7)8)27-15-12-13-17-29(27)30)31-25(18-19-33(4)5)20-24-14-10-11-16-28(24)31/h10-17,20-21,30-31,33H,18-19,22-23H2,1-9H3. The number of fused-ring (bicyclic) bond motifs is 2. The van der Waals surface area contributed by atoms with Crippen LogP contribution in [0.1, 0.15) is 60.5 Å². The van der Waals surface area contributed by atoms with E-state index in [1.807, 2.05) is 0 Å². The van der Waals surface area contributed by atoms with Crippen molar-refractivity contribution in [3.05, 3.63) is 82.4 Å². The first-order chi connectivity index (χ1) is 16.3. The minimum absolute atomic E-state index is 0.320. The van der Waals surface area contributed by atoms with Crippen LogP contribution in [-0.2, 0) is 0 Å². The van der Waals surface area contributed by atoms with Gasteiger partial charge in [-0.2, -0.15) is 0 Å². The second kappa shape index (κ2) is 9.79. The predicted octanol–water partition coefficient (Wildman–Crippen LogP) is 9.77. The fourth-order valence-corrected chi connectivity index (χ4v) is 16.1. The molecule has 0 amide bonds. The summed E-state index contributed by atoms with van der Waals surface area (Å²) in [4.78, 5) is 0. The lowest BCUT2D eigenvalue weighted by molar-refractivity contribution is 0.456. The summed E-state index contributed by atoms with van der Waals surface area (Å²) in [6, 6.07) is 22.9. The van der Waals surface area contributed by atoms with E-state index in [9.17, 15) is 0 Å². The minimum Gasteiger partial charge on any atom is -0.0761 e. The quantitative estimate of drug-likeness (QED) is 0.306. The lowest BCUT2D eigenvalue weighted by Gasteiger charge is -2.45. The van der Waals surface area contributed by atoms with Crippen molar-refractivity contribution >= 4 is 36.6 Å². The fraction of sp³-hybridized carbons (Fsp3) is 0.500. The third-order valence-corrected chi connectivity index (χ3v) is 16.6. The van der Waals surface area contributed by atoms with Crippen LogP contribution in [-0.4, -0.2) is 24.9 Å². The van der Waals surface area contributed by atoms with Crippen LogP contribution in [0.15, 0.2) is 60.2 Å². The summed E-state index contributed by atoms with van der Waals surface area (Å²) in [6.07, 6.45) is 6.70. The van der Waals surface area contributed by atoms with Crippen LogP contribution in [0, 0.1) is 5.41 Å². The summed E-state index contributed by atoms with van der Waals surface area (Å²) >= 11 is 0. The van der Waals surface area contributed by atoms with Gasteiger partial charge in [0, 0.05) is 22.4 Å². The first kappa shape index (κ1) is 26.6. The third-order valence-electron chi connectivity index (χ3n) is 8.04. The second-order valence-corrected chi connectivity index (χ2v) is 27.9. The highest BCUT2D eigenvalue weighted by atomic mass is 28.3. The summed E-state index contributed by atoms with van der Waals surface area (Å²) in [5.41, 5.74) is 11.3. The molecule has 0 fully saturated rings. The van der Waals surface area contributed by atoms with E-state index in [0.29, 0.717) is 16.5 Å². The van der Waals surface area contributed by atoms with Crippen molar-refractivity contribution in [2.24, 2.45) is 5.41 Å². The number of rotatable bonds is 8. The smallest absolute Gasteiger partial charge is 0.0753 e. The molecule has 0 N–H and O–H groups in total. The zero-order valence-corrected chi connectivity index (χ0v) is 27.0. The van der Waals surface area contributed by atoms with Crippen LogP contribution in [0.25, 0.3) is 11.6 Å². The van der Waals surface area contributed by atoms with Crippen molar-refractivity contribution in [2.45, 2.75) is 95.7 Å². The van der Waals surface area contributed by atoms with Gasteiger partial charge in [-0.3, -0.25) is 0 Å². The lowest BCUT2D eigenvalue weighted by Crippen LogP contribution is -2.47. The predicted molar refractivity (Wildman–Crippen MR) is 167 cm³/mol. The highest BCUT2D eigenvalue weighted by Gasteiger charge is 2.51. The van der Waals surface area contributed by atoms with E-state index in [4.69, 9.17) is 0 Å². The summed E-state index contributed by atoms with van der Waals surface area (Å²) in [5.74, 6) is 0. The topological polar surface area (TPSA) is 0 Å². The van der Waals surface area contributed by atoms with Gasteiger partial charge < -0.3 is 0 Å². The van der Waals surface area contributed by atoms with E-state index in [0.717, 1.165) is 0 Å². The first-order valence-corrected chi connectivity index (χ1v) is 23.6. The van der Waals surface area contributed by atoms with Gasteiger partial charge in [-0.1, -0.05) is 138 Å². The Morgan fingerprint density at radius 1 is 0.857 bits per heavy atom. The Bertz CT molecular complexity index is 1130.